The molecule has 0 saturated heterocycles. The zero-order valence-corrected chi connectivity index (χ0v) is 22.8. The molecule has 1 N–H and O–H groups in total. The molecule has 190 valence electrons. The minimum absolute atomic E-state index is 0.290. The summed E-state index contributed by atoms with van der Waals surface area (Å²) in [5.41, 5.74) is 3.17. The van der Waals surface area contributed by atoms with Crippen LogP contribution in [0.2, 0.25) is 0 Å². The van der Waals surface area contributed by atoms with Crippen LogP contribution in [-0.2, 0) is 25.5 Å². The van der Waals surface area contributed by atoms with Crippen molar-refractivity contribution < 1.29 is 23.9 Å². The Morgan fingerprint density at radius 3 is 2.27 bits per heavy atom. The largest absolute Gasteiger partial charge is 0.485 e. The number of rotatable bonds is 5. The zero-order chi connectivity index (χ0) is 27.1. The van der Waals surface area contributed by atoms with E-state index in [2.05, 4.69) is 4.98 Å². The number of nitrogens with one attached hydrogen (secondary N) is 1. The quantitative estimate of drug-likeness (QED) is 0.312. The first-order valence-corrected chi connectivity index (χ1v) is 12.9. The Kier molecular flexibility index (Phi) is 7.26. The number of carbonyl (C=O) groups is 3. The van der Waals surface area contributed by atoms with E-state index in [0.717, 1.165) is 27.7 Å². The maximum Gasteiger partial charge on any atom is 0.338 e. The molecule has 11 heteroatoms. The molecule has 0 aliphatic carbocycles. The minimum Gasteiger partial charge on any atom is -0.485 e. The van der Waals surface area contributed by atoms with Gasteiger partial charge in [-0.15, -0.1) is 11.6 Å². The summed E-state index contributed by atoms with van der Waals surface area (Å²) >= 11 is 6.06. The molecule has 2 aromatic carbocycles. The van der Waals surface area contributed by atoms with Crippen LogP contribution in [0.15, 0.2) is 48.5 Å². The predicted molar refractivity (Wildman–Crippen MR) is 151 cm³/mol. The highest BCUT2D eigenvalue weighted by atomic mass is 35.5. The van der Waals surface area contributed by atoms with Gasteiger partial charge in [-0.3, -0.25) is 4.79 Å². The highest BCUT2D eigenvalue weighted by Gasteiger charge is 2.44. The molecule has 1 amide bonds. The first-order chi connectivity index (χ1) is 17.3. The van der Waals surface area contributed by atoms with Gasteiger partial charge in [0.1, 0.15) is 41.1 Å². The van der Waals surface area contributed by atoms with Crippen LogP contribution in [0.25, 0.3) is 10.9 Å². The number of aromatic nitrogens is 1. The Hall–Kier alpha value is -3.13. The Balaban J connectivity index is 1.84. The molecule has 1 aliphatic rings. The fourth-order valence-electron chi connectivity index (χ4n) is 4.70. The van der Waals surface area contributed by atoms with Gasteiger partial charge in [-0.25, -0.2) is 9.59 Å². The van der Waals surface area contributed by atoms with Crippen LogP contribution in [0, 0.1) is 0 Å². The van der Waals surface area contributed by atoms with E-state index in [1.807, 2.05) is 45.0 Å². The van der Waals surface area contributed by atoms with Gasteiger partial charge in [0.05, 0.1) is 11.6 Å². The summed E-state index contributed by atoms with van der Waals surface area (Å²) in [6, 6.07) is 13.3. The molecule has 0 unspecified atom stereocenters. The molecule has 0 bridgehead atoms. The molecule has 0 fully saturated rings. The van der Waals surface area contributed by atoms with Crippen molar-refractivity contribution in [3.63, 3.8) is 0 Å². The average molecular weight is 518 g/mol. The number of amides is 1. The van der Waals surface area contributed by atoms with Crippen LogP contribution in [0.3, 0.4) is 0 Å². The lowest BCUT2D eigenvalue weighted by Gasteiger charge is -2.41. The van der Waals surface area contributed by atoms with Gasteiger partial charge in [0.2, 0.25) is 5.91 Å². The number of benzene rings is 2. The lowest BCUT2D eigenvalue weighted by Crippen LogP contribution is -2.54. The van der Waals surface area contributed by atoms with Gasteiger partial charge >= 0.3 is 11.9 Å². The molecule has 0 radical (unpaired) electrons. The Morgan fingerprint density at radius 2 is 1.68 bits per heavy atom. The second kappa shape index (κ2) is 9.97. The number of aromatic amines is 1. The third-order valence-corrected chi connectivity index (χ3v) is 6.30. The standard InChI is InChI=1S/C26H30B3ClN2O5/c1-25(2,3)36-23(34)15-10-8-14(9-11-15)22-21-17(16-6-4-5-7-18(16)31-21)12-19(32(22)20(33)13-30)24(35)37-26(27,28)29/h4-11,19,22,31H,12-13,27-29H2,1-3H3/t19-,22+/m1/s1. The van der Waals surface area contributed by atoms with Gasteiger partial charge in [0.25, 0.3) is 0 Å². The van der Waals surface area contributed by atoms with E-state index in [1.54, 1.807) is 47.8 Å². The first-order valence-electron chi connectivity index (χ1n) is 12.3. The summed E-state index contributed by atoms with van der Waals surface area (Å²) in [5, 5.41) is 0.261. The summed E-state index contributed by atoms with van der Waals surface area (Å²) in [7, 11) is 5.39. The van der Waals surface area contributed by atoms with E-state index in [4.69, 9.17) is 21.1 Å². The third kappa shape index (κ3) is 5.74. The molecule has 3 aromatic rings. The molecule has 7 nitrogen and oxygen atoms in total. The summed E-state index contributed by atoms with van der Waals surface area (Å²) in [5.74, 6) is -1.60. The number of hydrogen-bond acceptors (Lipinski definition) is 5. The smallest absolute Gasteiger partial charge is 0.338 e. The van der Waals surface area contributed by atoms with Crippen molar-refractivity contribution >= 4 is 63.9 Å². The van der Waals surface area contributed by atoms with Crippen molar-refractivity contribution in [3.05, 3.63) is 70.9 Å². The SMILES string of the molecule is BC(B)(B)OC(=O)[C@H]1Cc2c([nH]c3ccccc23)[C@H](c2ccc(C(=O)OC(C)(C)C)cc2)N1C(=O)CCl. The lowest BCUT2D eigenvalue weighted by molar-refractivity contribution is -0.157. The van der Waals surface area contributed by atoms with Gasteiger partial charge in [-0.2, -0.15) is 0 Å². The van der Waals surface area contributed by atoms with Gasteiger partial charge < -0.3 is 19.4 Å². The molecule has 2 heterocycles. The number of H-pyrrole nitrogens is 1. The normalized spacial score (nSPS) is 17.8. The number of esters is 2. The van der Waals surface area contributed by atoms with Crippen LogP contribution in [0.1, 0.15) is 54.0 Å². The Bertz CT molecular complexity index is 1340. The van der Waals surface area contributed by atoms with Gasteiger partial charge in [0.15, 0.2) is 0 Å². The predicted octanol–water partition coefficient (Wildman–Crippen LogP) is 1.26. The summed E-state index contributed by atoms with van der Waals surface area (Å²) in [6.07, 6.45) is 0.295. The van der Waals surface area contributed by atoms with Crippen molar-refractivity contribution in [2.75, 3.05) is 5.88 Å². The highest BCUT2D eigenvalue weighted by molar-refractivity contribution is 6.58. The molecule has 1 aromatic heterocycles. The molecular weight excluding hydrogens is 488 g/mol. The van der Waals surface area contributed by atoms with E-state index in [9.17, 15) is 14.4 Å². The number of ether oxygens (including phenoxy) is 2. The maximum atomic E-state index is 13.4. The number of nitrogens with zero attached hydrogens (tertiary/aromatic N) is 1. The van der Waals surface area contributed by atoms with E-state index in [0.29, 0.717) is 12.0 Å². The molecule has 1 aliphatic heterocycles. The molecule has 4 rings (SSSR count). The number of para-hydroxylation sites is 1. The van der Waals surface area contributed by atoms with Crippen LogP contribution < -0.4 is 0 Å². The first kappa shape index (κ1) is 26.9. The van der Waals surface area contributed by atoms with Crippen molar-refractivity contribution in [2.24, 2.45) is 0 Å². The van der Waals surface area contributed by atoms with Crippen molar-refractivity contribution in [2.45, 2.75) is 50.2 Å². The number of hydrogen-bond donors (Lipinski definition) is 1. The highest BCUT2D eigenvalue weighted by Crippen LogP contribution is 2.41. The summed E-state index contributed by atoms with van der Waals surface area (Å²) in [6.45, 7) is 5.43. The molecular formula is C26H30B3ClN2O5. The van der Waals surface area contributed by atoms with E-state index in [-0.39, 0.29) is 11.8 Å². The fourth-order valence-corrected chi connectivity index (χ4v) is 4.84. The molecule has 2 atom stereocenters. The van der Waals surface area contributed by atoms with Gasteiger partial charge in [0, 0.05) is 28.3 Å². The van der Waals surface area contributed by atoms with E-state index >= 15 is 0 Å². The summed E-state index contributed by atoms with van der Waals surface area (Å²) in [4.78, 5) is 44.3. The van der Waals surface area contributed by atoms with E-state index in [1.165, 1.54) is 4.90 Å². The van der Waals surface area contributed by atoms with Crippen molar-refractivity contribution in [1.82, 2.24) is 9.88 Å². The maximum absolute atomic E-state index is 13.4. The molecule has 0 spiro atoms. The second-order valence-corrected chi connectivity index (χ2v) is 11.5. The van der Waals surface area contributed by atoms with Crippen LogP contribution in [0.4, 0.5) is 0 Å². The summed E-state index contributed by atoms with van der Waals surface area (Å²) < 4.78 is 11.2. The Labute approximate surface area is 224 Å². The van der Waals surface area contributed by atoms with E-state index < -0.39 is 34.9 Å². The molecule has 37 heavy (non-hydrogen) atoms. The zero-order valence-electron chi connectivity index (χ0n) is 22.1. The fraction of sp³-hybridized carbons (Fsp3) is 0.346. The van der Waals surface area contributed by atoms with Crippen molar-refractivity contribution in [3.8, 4) is 0 Å². The van der Waals surface area contributed by atoms with Crippen LogP contribution in [0.5, 0.6) is 0 Å². The second-order valence-electron chi connectivity index (χ2n) is 11.3. The minimum atomic E-state index is -0.868. The lowest BCUT2D eigenvalue weighted by atomic mass is 9.52. The van der Waals surface area contributed by atoms with Gasteiger partial charge in [-0.05, 0) is 50.1 Å². The Morgan fingerprint density at radius 1 is 1.03 bits per heavy atom. The average Bonchev–Trinajstić information content (AvgIpc) is 3.18. The molecule has 0 saturated carbocycles. The monoisotopic (exact) mass is 518 g/mol. The number of halogens is 1. The number of fused-ring (bicyclic) bond motifs is 3. The number of alkyl halides is 1. The number of carbonyl (C=O) groups excluding carboxylic acids is 3. The van der Waals surface area contributed by atoms with Crippen LogP contribution in [-0.4, -0.2) is 74.1 Å². The third-order valence-electron chi connectivity index (χ3n) is 6.07. The van der Waals surface area contributed by atoms with Crippen LogP contribution >= 0.6 is 11.6 Å². The van der Waals surface area contributed by atoms with Crippen molar-refractivity contribution in [1.29, 1.82) is 0 Å². The topological polar surface area (TPSA) is 88.7 Å². The van der Waals surface area contributed by atoms with Gasteiger partial charge in [-0.1, -0.05) is 30.3 Å².